The van der Waals surface area contributed by atoms with Crippen molar-refractivity contribution < 1.29 is 9.47 Å². The van der Waals surface area contributed by atoms with Crippen molar-refractivity contribution in [1.29, 1.82) is 0 Å². The van der Waals surface area contributed by atoms with Crippen LogP contribution in [0.2, 0.25) is 0 Å². The minimum absolute atomic E-state index is 0. The predicted molar refractivity (Wildman–Crippen MR) is 96.5 cm³/mol. The summed E-state index contributed by atoms with van der Waals surface area (Å²) in [5.41, 5.74) is 7.96. The first-order chi connectivity index (χ1) is 9.74. The fourth-order valence-corrected chi connectivity index (χ4v) is 2.05. The Labute approximate surface area is 143 Å². The van der Waals surface area contributed by atoms with Gasteiger partial charge in [-0.1, -0.05) is 17.7 Å². The van der Waals surface area contributed by atoms with Crippen LogP contribution in [0, 0.1) is 6.92 Å². The van der Waals surface area contributed by atoms with Crippen molar-refractivity contribution in [3.63, 3.8) is 0 Å². The van der Waals surface area contributed by atoms with E-state index < -0.39 is 0 Å². The Bertz CT molecular complexity index is 431. The van der Waals surface area contributed by atoms with E-state index in [2.05, 4.69) is 10.3 Å². The maximum absolute atomic E-state index is 5.81. The third kappa shape index (κ3) is 7.10. The van der Waals surface area contributed by atoms with E-state index in [-0.39, 0.29) is 30.1 Å². The van der Waals surface area contributed by atoms with Gasteiger partial charge in [0.05, 0.1) is 25.9 Å². The van der Waals surface area contributed by atoms with Crippen molar-refractivity contribution in [2.45, 2.75) is 25.9 Å². The zero-order valence-corrected chi connectivity index (χ0v) is 14.7. The highest BCUT2D eigenvalue weighted by molar-refractivity contribution is 14.0. The summed E-state index contributed by atoms with van der Waals surface area (Å²) in [5.74, 6) is 0.412. The highest BCUT2D eigenvalue weighted by Crippen LogP contribution is 2.11. The third-order valence-corrected chi connectivity index (χ3v) is 3.17. The Kier molecular flexibility index (Phi) is 8.63. The second kappa shape index (κ2) is 9.97. The molecule has 1 fully saturated rings. The number of hydrogen-bond donors (Lipinski definition) is 2. The molecule has 0 bridgehead atoms. The summed E-state index contributed by atoms with van der Waals surface area (Å²) in [5, 5.41) is 3.05. The first-order valence-electron chi connectivity index (χ1n) is 7.07. The average Bonchev–Trinajstić information content (AvgIpc) is 2.94. The van der Waals surface area contributed by atoms with E-state index >= 15 is 0 Å². The molecule has 1 unspecified atom stereocenters. The SMILES string of the molecule is Cc1ccc(NC(N)=NCCOCC2CCCO2)cc1.I. The van der Waals surface area contributed by atoms with Crippen LogP contribution in [-0.2, 0) is 9.47 Å². The number of nitrogens with zero attached hydrogens (tertiary/aromatic N) is 1. The zero-order chi connectivity index (χ0) is 14.2. The molecule has 118 valence electrons. The lowest BCUT2D eigenvalue weighted by molar-refractivity contribution is 0.0200. The van der Waals surface area contributed by atoms with Crippen molar-refractivity contribution in [2.75, 3.05) is 31.7 Å². The summed E-state index contributed by atoms with van der Waals surface area (Å²) in [6.45, 7) is 4.68. The number of aliphatic imine (C=N–C) groups is 1. The van der Waals surface area contributed by atoms with Gasteiger partial charge in [-0.15, -0.1) is 24.0 Å². The summed E-state index contributed by atoms with van der Waals surface area (Å²) in [7, 11) is 0. The van der Waals surface area contributed by atoms with Gasteiger partial charge in [-0.25, -0.2) is 0 Å². The van der Waals surface area contributed by atoms with Crippen LogP contribution in [0.1, 0.15) is 18.4 Å². The van der Waals surface area contributed by atoms with Crippen LogP contribution in [0.25, 0.3) is 0 Å². The van der Waals surface area contributed by atoms with Crippen molar-refractivity contribution in [1.82, 2.24) is 0 Å². The van der Waals surface area contributed by atoms with Gasteiger partial charge in [-0.2, -0.15) is 0 Å². The molecule has 6 heteroatoms. The van der Waals surface area contributed by atoms with Gasteiger partial charge in [0.2, 0.25) is 0 Å². The number of benzene rings is 1. The summed E-state index contributed by atoms with van der Waals surface area (Å²) in [4.78, 5) is 4.22. The van der Waals surface area contributed by atoms with Gasteiger partial charge >= 0.3 is 0 Å². The molecule has 1 aromatic carbocycles. The van der Waals surface area contributed by atoms with Crippen LogP contribution in [0.15, 0.2) is 29.3 Å². The van der Waals surface area contributed by atoms with Gasteiger partial charge in [0.25, 0.3) is 0 Å². The van der Waals surface area contributed by atoms with Crippen molar-refractivity contribution in [3.05, 3.63) is 29.8 Å². The summed E-state index contributed by atoms with van der Waals surface area (Å²) in [6.07, 6.45) is 2.50. The predicted octanol–water partition coefficient (Wildman–Crippen LogP) is 2.54. The summed E-state index contributed by atoms with van der Waals surface area (Å²) in [6, 6.07) is 8.01. The number of hydrogen-bond acceptors (Lipinski definition) is 3. The van der Waals surface area contributed by atoms with Crippen LogP contribution < -0.4 is 11.1 Å². The van der Waals surface area contributed by atoms with E-state index in [1.165, 1.54) is 5.56 Å². The van der Waals surface area contributed by atoms with Crippen LogP contribution >= 0.6 is 24.0 Å². The number of nitrogens with one attached hydrogen (secondary N) is 1. The Morgan fingerprint density at radius 1 is 1.43 bits per heavy atom. The quantitative estimate of drug-likeness (QED) is 0.330. The Morgan fingerprint density at radius 2 is 2.19 bits per heavy atom. The summed E-state index contributed by atoms with van der Waals surface area (Å²) < 4.78 is 11.0. The molecule has 1 aromatic rings. The largest absolute Gasteiger partial charge is 0.377 e. The molecule has 1 aliphatic heterocycles. The first-order valence-corrected chi connectivity index (χ1v) is 7.07. The Morgan fingerprint density at radius 3 is 2.86 bits per heavy atom. The van der Waals surface area contributed by atoms with Gasteiger partial charge in [-0.05, 0) is 31.9 Å². The minimum atomic E-state index is 0. The molecule has 5 nitrogen and oxygen atoms in total. The lowest BCUT2D eigenvalue weighted by Crippen LogP contribution is -2.23. The van der Waals surface area contributed by atoms with Crippen LogP contribution in [-0.4, -0.2) is 38.4 Å². The number of ether oxygens (including phenoxy) is 2. The molecule has 3 N–H and O–H groups in total. The monoisotopic (exact) mass is 405 g/mol. The minimum Gasteiger partial charge on any atom is -0.377 e. The molecule has 0 spiro atoms. The molecule has 1 saturated heterocycles. The number of rotatable bonds is 6. The number of halogens is 1. The van der Waals surface area contributed by atoms with E-state index in [1.807, 2.05) is 31.2 Å². The van der Waals surface area contributed by atoms with Gasteiger partial charge in [0.1, 0.15) is 0 Å². The topological polar surface area (TPSA) is 68.9 Å². The van der Waals surface area contributed by atoms with Crippen molar-refractivity contribution in [2.24, 2.45) is 10.7 Å². The second-order valence-electron chi connectivity index (χ2n) is 4.97. The van der Waals surface area contributed by atoms with Gasteiger partial charge in [-0.3, -0.25) is 4.99 Å². The molecule has 21 heavy (non-hydrogen) atoms. The number of guanidine groups is 1. The van der Waals surface area contributed by atoms with E-state index in [0.717, 1.165) is 25.1 Å². The maximum atomic E-state index is 5.81. The molecule has 0 aliphatic carbocycles. The Balaban J connectivity index is 0.00000220. The average molecular weight is 405 g/mol. The highest BCUT2D eigenvalue weighted by Gasteiger charge is 2.14. The fraction of sp³-hybridized carbons (Fsp3) is 0.533. The smallest absolute Gasteiger partial charge is 0.193 e. The normalized spacial score (nSPS) is 18.3. The molecule has 2 rings (SSSR count). The number of nitrogens with two attached hydrogens (primary N) is 1. The fourth-order valence-electron chi connectivity index (χ4n) is 2.05. The molecule has 0 radical (unpaired) electrons. The molecule has 0 aromatic heterocycles. The van der Waals surface area contributed by atoms with E-state index in [9.17, 15) is 0 Å². The van der Waals surface area contributed by atoms with Crippen LogP contribution in [0.5, 0.6) is 0 Å². The van der Waals surface area contributed by atoms with Crippen molar-refractivity contribution in [3.8, 4) is 0 Å². The van der Waals surface area contributed by atoms with Crippen LogP contribution in [0.3, 0.4) is 0 Å². The molecule has 0 saturated carbocycles. The number of aryl methyl sites for hydroxylation is 1. The van der Waals surface area contributed by atoms with E-state index in [1.54, 1.807) is 0 Å². The molecular formula is C15H24IN3O2. The third-order valence-electron chi connectivity index (χ3n) is 3.17. The standard InChI is InChI=1S/C15H23N3O2.HI/c1-12-4-6-13(7-5-12)18-15(16)17-8-10-19-11-14-3-2-9-20-14;/h4-7,14H,2-3,8-11H2,1H3,(H3,16,17,18);1H. The maximum Gasteiger partial charge on any atom is 0.193 e. The van der Waals surface area contributed by atoms with Crippen molar-refractivity contribution >= 4 is 35.6 Å². The first kappa shape index (κ1) is 18.2. The van der Waals surface area contributed by atoms with Gasteiger partial charge < -0.3 is 20.5 Å². The molecule has 1 aliphatic rings. The number of anilines is 1. The Hall–Kier alpha value is -0.860. The van der Waals surface area contributed by atoms with E-state index in [4.69, 9.17) is 15.2 Å². The lowest BCUT2D eigenvalue weighted by atomic mass is 10.2. The van der Waals surface area contributed by atoms with Crippen LogP contribution in [0.4, 0.5) is 5.69 Å². The van der Waals surface area contributed by atoms with E-state index in [0.29, 0.717) is 25.7 Å². The lowest BCUT2D eigenvalue weighted by Gasteiger charge is -2.09. The molecule has 1 atom stereocenters. The molecule has 1 heterocycles. The van der Waals surface area contributed by atoms with Gasteiger partial charge in [0, 0.05) is 12.3 Å². The molecular weight excluding hydrogens is 381 g/mol. The van der Waals surface area contributed by atoms with Gasteiger partial charge in [0.15, 0.2) is 5.96 Å². The molecule has 0 amide bonds. The highest BCUT2D eigenvalue weighted by atomic mass is 127. The summed E-state index contributed by atoms with van der Waals surface area (Å²) >= 11 is 0. The zero-order valence-electron chi connectivity index (χ0n) is 12.4. The second-order valence-corrected chi connectivity index (χ2v) is 4.97.